The van der Waals surface area contributed by atoms with E-state index in [4.69, 9.17) is 5.73 Å². The van der Waals surface area contributed by atoms with E-state index >= 15 is 0 Å². The number of hydrogen-bond donors (Lipinski definition) is 1. The van der Waals surface area contributed by atoms with Crippen LogP contribution in [0, 0.1) is 0 Å². The van der Waals surface area contributed by atoms with Crippen molar-refractivity contribution in [3.8, 4) is 0 Å². The Hall–Kier alpha value is -0.590. The van der Waals surface area contributed by atoms with Gasteiger partial charge in [0.1, 0.15) is 10.7 Å². The lowest BCUT2D eigenvalue weighted by molar-refractivity contribution is 0.0767. The number of thioether (sulfide) groups is 1. The Morgan fingerprint density at radius 2 is 2.27 bits per heavy atom. The van der Waals surface area contributed by atoms with Crippen LogP contribution in [0.1, 0.15) is 15.5 Å². The quantitative estimate of drug-likeness (QED) is 0.834. The highest BCUT2D eigenvalue weighted by Crippen LogP contribution is 2.15. The SMILES string of the molecule is NCc1nc(C(=O)N2CCSCC2)cs1. The number of carbonyl (C=O) groups excluding carboxylic acids is 1. The molecule has 0 spiro atoms. The van der Waals surface area contributed by atoms with E-state index < -0.39 is 0 Å². The van der Waals surface area contributed by atoms with Crippen LogP contribution >= 0.6 is 23.1 Å². The molecule has 2 N–H and O–H groups in total. The standard InChI is InChI=1S/C9H13N3OS2/c10-5-8-11-7(6-15-8)9(13)12-1-3-14-4-2-12/h6H,1-5,10H2. The third-order valence-corrected chi connectivity index (χ3v) is 4.06. The molecule has 0 atom stereocenters. The van der Waals surface area contributed by atoms with Gasteiger partial charge in [-0.15, -0.1) is 11.3 Å². The van der Waals surface area contributed by atoms with Crippen LogP contribution in [-0.4, -0.2) is 40.4 Å². The van der Waals surface area contributed by atoms with Crippen molar-refractivity contribution in [2.75, 3.05) is 24.6 Å². The van der Waals surface area contributed by atoms with Crippen molar-refractivity contribution < 1.29 is 4.79 Å². The second-order valence-corrected chi connectivity index (χ2v) is 5.40. The molecular weight excluding hydrogens is 230 g/mol. The maximum atomic E-state index is 11.9. The van der Waals surface area contributed by atoms with Gasteiger partial charge in [-0.1, -0.05) is 0 Å². The van der Waals surface area contributed by atoms with Crippen molar-refractivity contribution in [1.29, 1.82) is 0 Å². The van der Waals surface area contributed by atoms with Crippen molar-refractivity contribution in [3.63, 3.8) is 0 Å². The lowest BCUT2D eigenvalue weighted by atomic mass is 10.4. The van der Waals surface area contributed by atoms with Gasteiger partial charge in [-0.2, -0.15) is 11.8 Å². The molecule has 0 aromatic carbocycles. The van der Waals surface area contributed by atoms with Gasteiger partial charge in [-0.3, -0.25) is 4.79 Å². The summed E-state index contributed by atoms with van der Waals surface area (Å²) in [6.45, 7) is 2.08. The molecule has 2 heterocycles. The Balaban J connectivity index is 2.05. The van der Waals surface area contributed by atoms with Crippen molar-refractivity contribution in [1.82, 2.24) is 9.88 Å². The summed E-state index contributed by atoms with van der Waals surface area (Å²) in [6.07, 6.45) is 0. The first-order chi connectivity index (χ1) is 7.31. The molecule has 1 aromatic rings. The molecule has 1 saturated heterocycles. The van der Waals surface area contributed by atoms with Crippen LogP contribution < -0.4 is 5.73 Å². The van der Waals surface area contributed by atoms with Gasteiger partial charge in [0.05, 0.1) is 0 Å². The maximum absolute atomic E-state index is 11.9. The highest BCUT2D eigenvalue weighted by Gasteiger charge is 2.20. The van der Waals surface area contributed by atoms with E-state index in [1.807, 2.05) is 16.7 Å². The summed E-state index contributed by atoms with van der Waals surface area (Å²) < 4.78 is 0. The minimum Gasteiger partial charge on any atom is -0.336 e. The Morgan fingerprint density at radius 3 is 2.87 bits per heavy atom. The average Bonchev–Trinajstić information content (AvgIpc) is 2.78. The summed E-state index contributed by atoms with van der Waals surface area (Å²) in [7, 11) is 0. The first-order valence-corrected chi connectivity index (χ1v) is 6.86. The van der Waals surface area contributed by atoms with Crippen LogP contribution in [0.15, 0.2) is 5.38 Å². The van der Waals surface area contributed by atoms with E-state index in [2.05, 4.69) is 4.98 Å². The molecule has 1 amide bonds. The van der Waals surface area contributed by atoms with E-state index in [9.17, 15) is 4.79 Å². The Morgan fingerprint density at radius 1 is 1.53 bits per heavy atom. The van der Waals surface area contributed by atoms with Crippen LogP contribution in [0.2, 0.25) is 0 Å². The normalized spacial score (nSPS) is 16.7. The van der Waals surface area contributed by atoms with E-state index in [0.717, 1.165) is 29.6 Å². The van der Waals surface area contributed by atoms with Crippen molar-refractivity contribution in [2.45, 2.75) is 6.54 Å². The lowest BCUT2D eigenvalue weighted by Gasteiger charge is -2.25. The fourth-order valence-corrected chi connectivity index (χ4v) is 2.98. The maximum Gasteiger partial charge on any atom is 0.273 e. The molecule has 0 radical (unpaired) electrons. The van der Waals surface area contributed by atoms with Gasteiger partial charge >= 0.3 is 0 Å². The predicted octanol–water partition coefficient (Wildman–Crippen LogP) is 0.791. The van der Waals surface area contributed by atoms with Gasteiger partial charge in [0.2, 0.25) is 0 Å². The van der Waals surface area contributed by atoms with Crippen LogP contribution in [-0.2, 0) is 6.54 Å². The fourth-order valence-electron chi connectivity index (χ4n) is 1.43. The summed E-state index contributed by atoms with van der Waals surface area (Å²) >= 11 is 3.34. The number of nitrogens with two attached hydrogens (primary N) is 1. The zero-order valence-electron chi connectivity index (χ0n) is 8.31. The summed E-state index contributed by atoms with van der Waals surface area (Å²) in [5, 5.41) is 2.62. The third kappa shape index (κ3) is 2.50. The molecule has 0 aliphatic carbocycles. The predicted molar refractivity (Wildman–Crippen MR) is 63.2 cm³/mol. The Labute approximate surface area is 96.9 Å². The fraction of sp³-hybridized carbons (Fsp3) is 0.556. The van der Waals surface area contributed by atoms with Gasteiger partial charge in [0.25, 0.3) is 5.91 Å². The summed E-state index contributed by atoms with van der Waals surface area (Å²) in [4.78, 5) is 18.0. The van der Waals surface area contributed by atoms with Gasteiger partial charge < -0.3 is 10.6 Å². The minimum atomic E-state index is 0.0475. The molecule has 1 fully saturated rings. The molecule has 1 aromatic heterocycles. The van der Waals surface area contributed by atoms with Crippen molar-refractivity contribution in [3.05, 3.63) is 16.1 Å². The first kappa shape index (κ1) is 10.9. The second kappa shape index (κ2) is 4.96. The van der Waals surface area contributed by atoms with Crippen molar-refractivity contribution >= 4 is 29.0 Å². The van der Waals surface area contributed by atoms with E-state index in [1.165, 1.54) is 11.3 Å². The topological polar surface area (TPSA) is 59.2 Å². The zero-order valence-corrected chi connectivity index (χ0v) is 9.94. The van der Waals surface area contributed by atoms with Crippen LogP contribution in [0.5, 0.6) is 0 Å². The largest absolute Gasteiger partial charge is 0.336 e. The Kier molecular flexibility index (Phi) is 3.61. The number of aromatic nitrogens is 1. The number of thiazole rings is 1. The smallest absolute Gasteiger partial charge is 0.273 e. The molecule has 6 heteroatoms. The average molecular weight is 243 g/mol. The van der Waals surface area contributed by atoms with Gasteiger partial charge in [-0.05, 0) is 0 Å². The van der Waals surface area contributed by atoms with Crippen LogP contribution in [0.25, 0.3) is 0 Å². The monoisotopic (exact) mass is 243 g/mol. The molecule has 15 heavy (non-hydrogen) atoms. The first-order valence-electron chi connectivity index (χ1n) is 4.83. The number of hydrogen-bond acceptors (Lipinski definition) is 5. The molecule has 2 rings (SSSR count). The molecular formula is C9H13N3OS2. The molecule has 82 valence electrons. The zero-order chi connectivity index (χ0) is 10.7. The van der Waals surface area contributed by atoms with Crippen molar-refractivity contribution in [2.24, 2.45) is 5.73 Å². The van der Waals surface area contributed by atoms with E-state index in [0.29, 0.717) is 12.2 Å². The minimum absolute atomic E-state index is 0.0475. The van der Waals surface area contributed by atoms with E-state index in [1.54, 1.807) is 5.38 Å². The summed E-state index contributed by atoms with van der Waals surface area (Å²) in [6, 6.07) is 0. The summed E-state index contributed by atoms with van der Waals surface area (Å²) in [5.41, 5.74) is 6.01. The highest BCUT2D eigenvalue weighted by molar-refractivity contribution is 7.99. The van der Waals surface area contributed by atoms with E-state index in [-0.39, 0.29) is 5.91 Å². The molecule has 1 aliphatic heterocycles. The van der Waals surface area contributed by atoms with Crippen LogP contribution in [0.3, 0.4) is 0 Å². The Bertz CT molecular complexity index is 347. The molecule has 1 aliphatic rings. The van der Waals surface area contributed by atoms with Gasteiger partial charge in [0.15, 0.2) is 0 Å². The number of rotatable bonds is 2. The second-order valence-electron chi connectivity index (χ2n) is 3.24. The molecule has 0 bridgehead atoms. The third-order valence-electron chi connectivity index (χ3n) is 2.24. The number of amides is 1. The summed E-state index contributed by atoms with van der Waals surface area (Å²) in [5.74, 6) is 2.10. The molecule has 4 nitrogen and oxygen atoms in total. The van der Waals surface area contributed by atoms with Gasteiger partial charge in [0, 0.05) is 36.5 Å². The highest BCUT2D eigenvalue weighted by atomic mass is 32.2. The van der Waals surface area contributed by atoms with Crippen LogP contribution in [0.4, 0.5) is 0 Å². The lowest BCUT2D eigenvalue weighted by Crippen LogP contribution is -2.38. The molecule has 0 unspecified atom stereocenters. The van der Waals surface area contributed by atoms with Gasteiger partial charge in [-0.25, -0.2) is 4.98 Å². The number of nitrogens with zero attached hydrogens (tertiary/aromatic N) is 2. The number of carbonyl (C=O) groups is 1. The molecule has 0 saturated carbocycles.